The van der Waals surface area contributed by atoms with Gasteiger partial charge in [-0.2, -0.15) is 0 Å². The standard InChI is InChI=1S/C50H54N2O13/c1-24-14-13-15-25(2)49(59)52-40-44(57)37-36(39-47(40)64-35-22-32(18-19-33(35)51-39)61-23-31-16-11-10-12-17-31)38-46(29(6)43(37)56)65-50(8,48(38)58)62-21-20-34(60-9)26(3)45(63-30(7)53)28(5)42(55)27(4)41(24)54/h10-22,24,26-28,34,41-42,45,54-55,57H,23H2,1-9H3,(H,52,59)/b14-13+,21-20+,25-15-/t24-,26+,27+,28+,34-,41-,42+,45+,50-/m0/s1. The fourth-order valence-electron chi connectivity index (χ4n) is 8.62. The van der Waals surface area contributed by atoms with Gasteiger partial charge in [-0.25, -0.2) is 4.98 Å². The second-order valence-electron chi connectivity index (χ2n) is 17.1. The van der Waals surface area contributed by atoms with Crippen molar-refractivity contribution in [3.05, 3.63) is 112 Å². The first-order chi connectivity index (χ1) is 30.9. The van der Waals surface area contributed by atoms with Crippen LogP contribution in [0.2, 0.25) is 0 Å². The maximum absolute atomic E-state index is 14.7. The fourth-order valence-corrected chi connectivity index (χ4v) is 8.62. The van der Waals surface area contributed by atoms with Crippen molar-refractivity contribution in [3.8, 4) is 17.2 Å². The van der Waals surface area contributed by atoms with E-state index in [-0.39, 0.29) is 62.2 Å². The molecule has 0 saturated carbocycles. The Hall–Kier alpha value is -6.55. The molecule has 1 amide bonds. The number of aromatic nitrogens is 1. The van der Waals surface area contributed by atoms with Gasteiger partial charge in [0.2, 0.25) is 0 Å². The average Bonchev–Trinajstić information content (AvgIpc) is 3.55. The first-order valence-corrected chi connectivity index (χ1v) is 21.4. The van der Waals surface area contributed by atoms with Crippen molar-refractivity contribution in [1.29, 1.82) is 0 Å². The van der Waals surface area contributed by atoms with Gasteiger partial charge in [0.1, 0.15) is 40.9 Å². The lowest BCUT2D eigenvalue weighted by atomic mass is 9.78. The number of aliphatic hydroxyl groups is 2. The Morgan fingerprint density at radius 1 is 0.938 bits per heavy atom. The molecule has 0 fully saturated rings. The number of phenols is 1. The van der Waals surface area contributed by atoms with Gasteiger partial charge in [-0.3, -0.25) is 19.2 Å². The highest BCUT2D eigenvalue weighted by atomic mass is 16.7. The molecule has 2 aliphatic heterocycles. The van der Waals surface area contributed by atoms with E-state index in [0.717, 1.165) is 5.56 Å². The van der Waals surface area contributed by atoms with Crippen LogP contribution in [0.3, 0.4) is 0 Å². The van der Waals surface area contributed by atoms with Crippen LogP contribution in [0.25, 0.3) is 33.0 Å². The highest BCUT2D eigenvalue weighted by Crippen LogP contribution is 2.48. The van der Waals surface area contributed by atoms with Gasteiger partial charge in [-0.05, 0) is 37.6 Å². The number of aromatic hydroxyl groups is 1. The number of phenolic OH excluding ortho intramolecular Hbond substituents is 1. The van der Waals surface area contributed by atoms with Crippen molar-refractivity contribution in [3.63, 3.8) is 0 Å². The lowest BCUT2D eigenvalue weighted by molar-refractivity contribution is -0.160. The lowest BCUT2D eigenvalue weighted by Crippen LogP contribution is -2.46. The Kier molecular flexibility index (Phi) is 13.2. The summed E-state index contributed by atoms with van der Waals surface area (Å²) >= 11 is 0. The number of hydrogen-bond donors (Lipinski definition) is 4. The van der Waals surface area contributed by atoms with E-state index in [2.05, 4.69) is 5.32 Å². The summed E-state index contributed by atoms with van der Waals surface area (Å²) in [4.78, 5) is 60.3. The molecule has 15 heteroatoms. The van der Waals surface area contributed by atoms with Crippen LogP contribution in [0.15, 0.2) is 93.9 Å². The number of rotatable bonds is 5. The summed E-state index contributed by atoms with van der Waals surface area (Å²) < 4.78 is 36.4. The Morgan fingerprint density at radius 3 is 2.35 bits per heavy atom. The van der Waals surface area contributed by atoms with Crippen LogP contribution in [0.5, 0.6) is 17.2 Å². The van der Waals surface area contributed by atoms with Crippen molar-refractivity contribution in [2.24, 2.45) is 23.7 Å². The van der Waals surface area contributed by atoms with Gasteiger partial charge in [0.25, 0.3) is 11.7 Å². The predicted molar refractivity (Wildman–Crippen MR) is 243 cm³/mol. The molecule has 0 unspecified atom stereocenters. The maximum Gasteiger partial charge on any atom is 0.312 e. The number of carbonyl (C=O) groups is 3. The van der Waals surface area contributed by atoms with E-state index in [1.165, 1.54) is 53.2 Å². The second-order valence-corrected chi connectivity index (χ2v) is 17.1. The highest BCUT2D eigenvalue weighted by molar-refractivity contribution is 6.26. The molecule has 7 rings (SSSR count). The second kappa shape index (κ2) is 18.5. The minimum Gasteiger partial charge on any atom is -0.505 e. The van der Waals surface area contributed by atoms with Crippen LogP contribution in [-0.2, 0) is 30.4 Å². The third-order valence-corrected chi connectivity index (χ3v) is 12.6. The van der Waals surface area contributed by atoms with Gasteiger partial charge in [0, 0.05) is 67.2 Å². The number of Topliss-reactive ketones (excluding diaryl/α,β-unsaturated/α-hetero) is 1. The first-order valence-electron chi connectivity index (χ1n) is 21.4. The first kappa shape index (κ1) is 46.4. The van der Waals surface area contributed by atoms with Crippen LogP contribution in [-0.4, -0.2) is 75.3 Å². The zero-order chi connectivity index (χ0) is 47.1. The molecule has 4 aromatic carbocycles. The van der Waals surface area contributed by atoms with Gasteiger partial charge < -0.3 is 48.7 Å². The minimum absolute atomic E-state index is 0.0144. The number of hydrogen-bond acceptors (Lipinski definition) is 14. The normalized spacial score (nSPS) is 28.3. The predicted octanol–water partition coefficient (Wildman–Crippen LogP) is 7.58. The molecule has 4 N–H and O–H groups in total. The number of methoxy groups -OCH3 is 1. The number of carbonyl (C=O) groups excluding carboxylic acids is 3. The van der Waals surface area contributed by atoms with Gasteiger partial charge in [0.05, 0.1) is 35.5 Å². The van der Waals surface area contributed by atoms with Gasteiger partial charge >= 0.3 is 11.8 Å². The molecule has 0 aliphatic carbocycles. The molecule has 65 heavy (non-hydrogen) atoms. The van der Waals surface area contributed by atoms with Gasteiger partial charge in [-0.15, -0.1) is 0 Å². The van der Waals surface area contributed by atoms with Crippen LogP contribution >= 0.6 is 0 Å². The summed E-state index contributed by atoms with van der Waals surface area (Å²) in [7, 11) is 1.44. The van der Waals surface area contributed by atoms with Gasteiger partial charge in [-0.1, -0.05) is 76.3 Å². The van der Waals surface area contributed by atoms with Crippen molar-refractivity contribution in [2.45, 2.75) is 92.2 Å². The monoisotopic (exact) mass is 890 g/mol. The number of fused-ring (bicyclic) bond motifs is 2. The Balaban J connectivity index is 1.42. The quantitative estimate of drug-likeness (QED) is 0.0580. The summed E-state index contributed by atoms with van der Waals surface area (Å²) in [6.07, 6.45) is 3.58. The lowest BCUT2D eigenvalue weighted by Gasteiger charge is -2.38. The summed E-state index contributed by atoms with van der Waals surface area (Å²) in [6, 6.07) is 14.5. The molecule has 4 bridgehead atoms. The number of benzene rings is 4. The molecule has 9 atom stereocenters. The van der Waals surface area contributed by atoms with Crippen LogP contribution in [0.4, 0.5) is 5.69 Å². The number of aliphatic hydroxyl groups excluding tert-OH is 2. The molecule has 2 aliphatic rings. The van der Waals surface area contributed by atoms with E-state index in [1.54, 1.807) is 58.0 Å². The topological polar surface area (TPSA) is 213 Å². The smallest absolute Gasteiger partial charge is 0.312 e. The molecule has 3 heterocycles. The molecule has 342 valence electrons. The number of ketones is 1. The van der Waals surface area contributed by atoms with E-state index >= 15 is 0 Å². The van der Waals surface area contributed by atoms with Crippen LogP contribution < -0.4 is 20.2 Å². The number of allylic oxidation sites excluding steroid dienone is 2. The summed E-state index contributed by atoms with van der Waals surface area (Å²) in [5.41, 5.74) is 0.329. The summed E-state index contributed by atoms with van der Waals surface area (Å²) in [5, 5.41) is 37.4. The maximum atomic E-state index is 14.7. The summed E-state index contributed by atoms with van der Waals surface area (Å²) in [6.45, 7) is 12.8. The Labute approximate surface area is 375 Å². The molecule has 1 aromatic heterocycles. The zero-order valence-corrected chi connectivity index (χ0v) is 37.7. The number of amides is 1. The van der Waals surface area contributed by atoms with Crippen LogP contribution in [0, 0.1) is 30.6 Å². The third kappa shape index (κ3) is 8.83. The van der Waals surface area contributed by atoms with Crippen molar-refractivity contribution in [1.82, 2.24) is 4.98 Å². The Bertz CT molecular complexity index is 2830. The van der Waals surface area contributed by atoms with Crippen molar-refractivity contribution in [2.75, 3.05) is 12.4 Å². The number of nitrogens with one attached hydrogen (secondary N) is 1. The number of nitrogens with zero attached hydrogens (tertiary/aromatic N) is 1. The van der Waals surface area contributed by atoms with Crippen LogP contribution in [0.1, 0.15) is 70.0 Å². The highest BCUT2D eigenvalue weighted by Gasteiger charge is 2.49. The van der Waals surface area contributed by atoms with E-state index in [4.69, 9.17) is 33.1 Å². The number of ether oxygens (including phenoxy) is 5. The zero-order valence-electron chi connectivity index (χ0n) is 37.7. The van der Waals surface area contributed by atoms with E-state index in [9.17, 15) is 34.5 Å². The molecule has 0 spiro atoms. The molecular weight excluding hydrogens is 837 g/mol. The molecule has 15 nitrogen and oxygen atoms in total. The minimum atomic E-state index is -2.05. The molecule has 0 radical (unpaired) electrons. The summed E-state index contributed by atoms with van der Waals surface area (Å²) in [5.74, 6) is -6.88. The fraction of sp³-hybridized carbons (Fsp3) is 0.380. The van der Waals surface area contributed by atoms with Crippen molar-refractivity contribution < 1.29 is 57.8 Å². The molecular formula is C50H54N2O13. The van der Waals surface area contributed by atoms with E-state index in [1.807, 2.05) is 30.3 Å². The molecule has 0 saturated heterocycles. The number of esters is 1. The number of anilines is 1. The van der Waals surface area contributed by atoms with Crippen molar-refractivity contribution >= 4 is 56.3 Å². The van der Waals surface area contributed by atoms with E-state index in [0.29, 0.717) is 11.3 Å². The Morgan fingerprint density at radius 2 is 1.66 bits per heavy atom. The largest absolute Gasteiger partial charge is 0.505 e. The SMILES string of the molecule is CO[C@H]1/C=C/O[C@@]2(C)Oc3c(C)c(=O)c4c(O)c(c5oc6cc(OCc7ccccc7)ccc6nc5c4c3C2=O)NC(=O)/C(C)=C\C=C\[C@H](C)[C@H](O)[C@@H](C)[C@@H](O)[C@@H](C)[C@H](OC(C)=O)[C@@H]1C. The van der Waals surface area contributed by atoms with E-state index < -0.39 is 82.7 Å². The van der Waals surface area contributed by atoms with Gasteiger partial charge in [0.15, 0.2) is 22.3 Å². The molecule has 5 aromatic rings. The average molecular weight is 891 g/mol. The third-order valence-electron chi connectivity index (χ3n) is 12.6.